The molecule has 0 spiro atoms. The third-order valence-corrected chi connectivity index (χ3v) is 6.52. The van der Waals surface area contributed by atoms with E-state index in [1.807, 2.05) is 12.1 Å². The molecule has 1 saturated heterocycles. The molecule has 29 heavy (non-hydrogen) atoms. The van der Waals surface area contributed by atoms with E-state index in [1.165, 1.54) is 5.56 Å². The number of guanidine groups is 1. The van der Waals surface area contributed by atoms with Crippen molar-refractivity contribution in [2.75, 3.05) is 40.3 Å². The number of rotatable bonds is 7. The first-order valence-electron chi connectivity index (χ1n) is 9.68. The number of benzene rings is 2. The minimum atomic E-state index is -3.49. The van der Waals surface area contributed by atoms with E-state index in [-0.39, 0.29) is 11.4 Å². The Morgan fingerprint density at radius 2 is 1.86 bits per heavy atom. The molecular weight excluding hydrogens is 388 g/mol. The highest BCUT2D eigenvalue weighted by molar-refractivity contribution is 7.89. The molecule has 156 valence electrons. The zero-order chi connectivity index (χ0) is 20.7. The van der Waals surface area contributed by atoms with Gasteiger partial charge in [0.25, 0.3) is 0 Å². The normalized spacial score (nSPS) is 17.4. The lowest BCUT2D eigenvalue weighted by molar-refractivity contribution is 0.414. The average molecular weight is 417 g/mol. The molecule has 2 N–H and O–H groups in total. The van der Waals surface area contributed by atoms with Crippen molar-refractivity contribution in [3.05, 3.63) is 60.2 Å². The summed E-state index contributed by atoms with van der Waals surface area (Å²) in [4.78, 5) is 6.83. The van der Waals surface area contributed by atoms with E-state index in [0.29, 0.717) is 12.5 Å². The number of hydrogen-bond donors (Lipinski definition) is 2. The summed E-state index contributed by atoms with van der Waals surface area (Å²) >= 11 is 0. The Balaban J connectivity index is 1.48. The Hall–Kier alpha value is -2.58. The van der Waals surface area contributed by atoms with Gasteiger partial charge in [-0.25, -0.2) is 13.1 Å². The molecule has 1 aliphatic heterocycles. The fraction of sp³-hybridized carbons (Fsp3) is 0.381. The molecule has 7 nitrogen and oxygen atoms in total. The van der Waals surface area contributed by atoms with Gasteiger partial charge in [0.2, 0.25) is 10.0 Å². The van der Waals surface area contributed by atoms with Crippen LogP contribution < -0.4 is 14.8 Å². The van der Waals surface area contributed by atoms with Crippen molar-refractivity contribution >= 4 is 16.0 Å². The van der Waals surface area contributed by atoms with Gasteiger partial charge in [0.05, 0.1) is 12.0 Å². The molecule has 2 aromatic carbocycles. The second-order valence-electron chi connectivity index (χ2n) is 6.89. The maximum Gasteiger partial charge on any atom is 0.240 e. The van der Waals surface area contributed by atoms with E-state index in [0.717, 1.165) is 31.2 Å². The van der Waals surface area contributed by atoms with Crippen LogP contribution >= 0.6 is 0 Å². The molecule has 8 heteroatoms. The van der Waals surface area contributed by atoms with Crippen molar-refractivity contribution in [2.45, 2.75) is 17.2 Å². The minimum Gasteiger partial charge on any atom is -0.497 e. The maximum absolute atomic E-state index is 12.3. The van der Waals surface area contributed by atoms with Gasteiger partial charge in [0.15, 0.2) is 5.96 Å². The van der Waals surface area contributed by atoms with Crippen molar-refractivity contribution in [3.63, 3.8) is 0 Å². The van der Waals surface area contributed by atoms with Crippen LogP contribution in [-0.4, -0.2) is 59.6 Å². The second kappa shape index (κ2) is 9.76. The molecule has 1 aliphatic rings. The number of nitrogens with zero attached hydrogens (tertiary/aromatic N) is 2. The first-order valence-corrected chi connectivity index (χ1v) is 11.2. The number of ether oxygens (including phenoxy) is 1. The third kappa shape index (κ3) is 5.48. The molecule has 0 aromatic heterocycles. The van der Waals surface area contributed by atoms with E-state index in [4.69, 9.17) is 4.74 Å². The standard InChI is InChI=1S/C21H28N4O3S/c1-22-21(23-13-14-24-29(26,27)20-6-4-3-5-7-20)25-15-12-18(16-25)17-8-10-19(28-2)11-9-17/h3-11,18,24H,12-16H2,1-2H3,(H,22,23). The fourth-order valence-corrected chi connectivity index (χ4v) is 4.53. The van der Waals surface area contributed by atoms with Crippen LogP contribution in [0.4, 0.5) is 0 Å². The molecule has 2 aromatic rings. The first kappa shape index (κ1) is 21.1. The molecule has 0 amide bonds. The zero-order valence-electron chi connectivity index (χ0n) is 16.8. The number of likely N-dealkylation sites (tertiary alicyclic amines) is 1. The zero-order valence-corrected chi connectivity index (χ0v) is 17.7. The SMILES string of the molecule is CN=C(NCCNS(=O)(=O)c1ccccc1)N1CCC(c2ccc(OC)cc2)C1. The average Bonchev–Trinajstić information content (AvgIpc) is 3.24. The molecule has 0 aliphatic carbocycles. The molecule has 0 radical (unpaired) electrons. The van der Waals surface area contributed by atoms with Crippen LogP contribution in [0.1, 0.15) is 17.9 Å². The van der Waals surface area contributed by atoms with Gasteiger partial charge in [-0.3, -0.25) is 4.99 Å². The van der Waals surface area contributed by atoms with Gasteiger partial charge in [0, 0.05) is 39.1 Å². The number of aliphatic imine (C=N–C) groups is 1. The van der Waals surface area contributed by atoms with Crippen molar-refractivity contribution < 1.29 is 13.2 Å². The molecule has 0 bridgehead atoms. The van der Waals surface area contributed by atoms with Crippen molar-refractivity contribution in [3.8, 4) is 5.75 Å². The fourth-order valence-electron chi connectivity index (χ4n) is 3.48. The lowest BCUT2D eigenvalue weighted by Gasteiger charge is -2.22. The van der Waals surface area contributed by atoms with Gasteiger partial charge in [-0.05, 0) is 36.2 Å². The molecule has 1 heterocycles. The van der Waals surface area contributed by atoms with Crippen LogP contribution in [0.2, 0.25) is 0 Å². The maximum atomic E-state index is 12.3. The largest absolute Gasteiger partial charge is 0.497 e. The highest BCUT2D eigenvalue weighted by Gasteiger charge is 2.26. The quantitative estimate of drug-likeness (QED) is 0.410. The van der Waals surface area contributed by atoms with Crippen LogP contribution in [0.25, 0.3) is 0 Å². The summed E-state index contributed by atoms with van der Waals surface area (Å²) in [5, 5.41) is 3.25. The monoisotopic (exact) mass is 416 g/mol. The van der Waals surface area contributed by atoms with Gasteiger partial charge in [-0.1, -0.05) is 30.3 Å². The van der Waals surface area contributed by atoms with E-state index in [1.54, 1.807) is 44.5 Å². The summed E-state index contributed by atoms with van der Waals surface area (Å²) in [6.45, 7) is 2.53. The summed E-state index contributed by atoms with van der Waals surface area (Å²) in [7, 11) is -0.0725. The summed E-state index contributed by atoms with van der Waals surface area (Å²) in [5.41, 5.74) is 1.29. The summed E-state index contributed by atoms with van der Waals surface area (Å²) in [6.07, 6.45) is 1.05. The Labute approximate surface area is 172 Å². The summed E-state index contributed by atoms with van der Waals surface area (Å²) < 4.78 is 32.4. The van der Waals surface area contributed by atoms with Gasteiger partial charge < -0.3 is 15.0 Å². The number of sulfonamides is 1. The van der Waals surface area contributed by atoms with E-state index in [9.17, 15) is 8.42 Å². The van der Waals surface area contributed by atoms with Crippen LogP contribution in [0.3, 0.4) is 0 Å². The van der Waals surface area contributed by atoms with Crippen molar-refractivity contribution in [2.24, 2.45) is 4.99 Å². The smallest absolute Gasteiger partial charge is 0.240 e. The van der Waals surface area contributed by atoms with E-state index < -0.39 is 10.0 Å². The van der Waals surface area contributed by atoms with E-state index >= 15 is 0 Å². The molecule has 3 rings (SSSR count). The van der Waals surface area contributed by atoms with Gasteiger partial charge >= 0.3 is 0 Å². The van der Waals surface area contributed by atoms with Crippen LogP contribution in [0, 0.1) is 0 Å². The molecule has 1 fully saturated rings. The van der Waals surface area contributed by atoms with Gasteiger partial charge in [-0.15, -0.1) is 0 Å². The first-order chi connectivity index (χ1) is 14.0. The molecule has 0 saturated carbocycles. The summed E-state index contributed by atoms with van der Waals surface area (Å²) in [5.74, 6) is 2.09. The Morgan fingerprint density at radius 3 is 2.52 bits per heavy atom. The highest BCUT2D eigenvalue weighted by Crippen LogP contribution is 2.28. The summed E-state index contributed by atoms with van der Waals surface area (Å²) in [6, 6.07) is 16.6. The lowest BCUT2D eigenvalue weighted by Crippen LogP contribution is -2.43. The predicted octanol–water partition coefficient (Wildman–Crippen LogP) is 2.04. The van der Waals surface area contributed by atoms with E-state index in [2.05, 4.69) is 32.1 Å². The Bertz CT molecular complexity index is 915. The second-order valence-corrected chi connectivity index (χ2v) is 8.66. The van der Waals surface area contributed by atoms with Gasteiger partial charge in [0.1, 0.15) is 5.75 Å². The highest BCUT2D eigenvalue weighted by atomic mass is 32.2. The topological polar surface area (TPSA) is 83.0 Å². The lowest BCUT2D eigenvalue weighted by atomic mass is 9.98. The van der Waals surface area contributed by atoms with Crippen LogP contribution in [-0.2, 0) is 10.0 Å². The third-order valence-electron chi connectivity index (χ3n) is 5.04. The molecular formula is C21H28N4O3S. The van der Waals surface area contributed by atoms with Crippen molar-refractivity contribution in [1.82, 2.24) is 14.9 Å². The van der Waals surface area contributed by atoms with Gasteiger partial charge in [-0.2, -0.15) is 0 Å². The number of methoxy groups -OCH3 is 1. The minimum absolute atomic E-state index is 0.270. The van der Waals surface area contributed by atoms with Crippen LogP contribution in [0.5, 0.6) is 5.75 Å². The van der Waals surface area contributed by atoms with Crippen LogP contribution in [0.15, 0.2) is 64.5 Å². The molecule has 1 atom stereocenters. The Morgan fingerprint density at radius 1 is 1.14 bits per heavy atom. The number of nitrogens with one attached hydrogen (secondary N) is 2. The Kier molecular flexibility index (Phi) is 7.11. The van der Waals surface area contributed by atoms with Crippen molar-refractivity contribution in [1.29, 1.82) is 0 Å². The number of hydrogen-bond acceptors (Lipinski definition) is 4. The predicted molar refractivity (Wildman–Crippen MR) is 115 cm³/mol. The molecule has 1 unspecified atom stereocenters.